The van der Waals surface area contributed by atoms with Gasteiger partial charge in [0.05, 0.1) is 0 Å². The molecule has 0 saturated heterocycles. The molecule has 39 valence electrons. The molecule has 0 aliphatic carbocycles. The van der Waals surface area contributed by atoms with E-state index in [-0.39, 0.29) is 94.3 Å². The largest absolute Gasteiger partial charge is 0.0776 e. The molecule has 0 spiro atoms. The van der Waals surface area contributed by atoms with Crippen LogP contribution in [0.5, 0.6) is 0 Å². The molecule has 0 bridgehead atoms. The van der Waals surface area contributed by atoms with Crippen LogP contribution in [0.15, 0.2) is 0 Å². The van der Waals surface area contributed by atoms with Gasteiger partial charge in [-0.15, -0.1) is 0 Å². The molecule has 0 atom stereocenters. The molecule has 0 aromatic rings. The number of rotatable bonds is 0. The third-order valence-electron chi connectivity index (χ3n) is 0. The molecule has 0 aromatic heterocycles. The van der Waals surface area contributed by atoms with E-state index in [2.05, 4.69) is 0 Å². The van der Waals surface area contributed by atoms with Gasteiger partial charge in [0.15, 0.2) is 0 Å². The minimum atomic E-state index is 0. The molecule has 0 unspecified atom stereocenters. The minimum absolute atomic E-state index is 0. The molecule has 4 heteroatoms. The van der Waals surface area contributed by atoms with Crippen molar-refractivity contribution in [3.05, 3.63) is 0 Å². The van der Waals surface area contributed by atoms with Crippen molar-refractivity contribution in [1.82, 2.24) is 0 Å². The minimum Gasteiger partial charge on any atom is -0.0776 e. The van der Waals surface area contributed by atoms with Crippen LogP contribution in [0.25, 0.3) is 0 Å². The molecule has 0 aliphatic rings. The summed E-state index contributed by atoms with van der Waals surface area (Å²) in [5.74, 6) is 0. The Morgan fingerprint density at radius 1 is 1.00 bits per heavy atom. The molecule has 0 aromatic carbocycles. The van der Waals surface area contributed by atoms with Gasteiger partial charge in [0.2, 0.25) is 0 Å². The fourth-order valence-electron chi connectivity index (χ4n) is 0. The second-order valence-electron chi connectivity index (χ2n) is 0. The van der Waals surface area contributed by atoms with Crippen LogP contribution >= 0.6 is 0 Å². The van der Waals surface area contributed by atoms with E-state index in [4.69, 9.17) is 0 Å². The van der Waals surface area contributed by atoms with Crippen LogP contribution in [0.2, 0.25) is 0 Å². The van der Waals surface area contributed by atoms with Gasteiger partial charge in [-0.3, -0.25) is 0 Å². The van der Waals surface area contributed by atoms with E-state index < -0.39 is 0 Å². The second-order valence-corrected chi connectivity index (χ2v) is 0. The zero-order chi connectivity index (χ0) is 0. The first-order valence-electron chi connectivity index (χ1n) is 0. The molecule has 0 N–H and O–H groups in total. The molecule has 0 saturated carbocycles. The van der Waals surface area contributed by atoms with Gasteiger partial charge >= 0.3 is 0 Å². The Bertz CT molecular complexity index is 11.6. The molecule has 0 nitrogen and oxygen atoms in total. The first kappa shape index (κ1) is 48.4. The van der Waals surface area contributed by atoms with Crippen LogP contribution in [-0.2, 0) is 34.1 Å². The predicted molar refractivity (Wildman–Crippen MR) is 18.1 cm³/mol. The van der Waals surface area contributed by atoms with Crippen LogP contribution in [-0.4, -0.2) is 11.0 Å². The summed E-state index contributed by atoms with van der Waals surface area (Å²) < 4.78 is 0. The molecular formula is CH8CeCuFeSi. The fourth-order valence-corrected chi connectivity index (χ4v) is 0. The van der Waals surface area contributed by atoms with Gasteiger partial charge in [-0.05, 0) is 11.0 Å². The third-order valence-corrected chi connectivity index (χ3v) is 0. The molecule has 0 fully saturated rings. The van der Waals surface area contributed by atoms with E-state index in [0.717, 1.165) is 0 Å². The van der Waals surface area contributed by atoms with Crippen molar-refractivity contribution in [1.29, 1.82) is 0 Å². The van der Waals surface area contributed by atoms with E-state index in [9.17, 15) is 0 Å². The summed E-state index contributed by atoms with van der Waals surface area (Å²) >= 11 is 0. The number of hydrogen-bond acceptors (Lipinski definition) is 0. The van der Waals surface area contributed by atoms with Gasteiger partial charge in [0.25, 0.3) is 0 Å². The summed E-state index contributed by atoms with van der Waals surface area (Å²) in [7, 11) is 0. The summed E-state index contributed by atoms with van der Waals surface area (Å²) in [6.07, 6.45) is 0. The molecule has 0 aliphatic heterocycles. The van der Waals surface area contributed by atoms with Crippen LogP contribution in [0, 0.1) is 41.7 Å². The summed E-state index contributed by atoms with van der Waals surface area (Å²) in [5.41, 5.74) is 0. The maximum atomic E-state index is 0. The normalized spacial score (nSPS) is 0. The van der Waals surface area contributed by atoms with Gasteiger partial charge in [0, 0.05) is 75.9 Å². The first-order valence-corrected chi connectivity index (χ1v) is 0. The van der Waals surface area contributed by atoms with Gasteiger partial charge in [-0.1, -0.05) is 7.43 Å². The van der Waals surface area contributed by atoms with Gasteiger partial charge in [-0.25, -0.2) is 0 Å². The van der Waals surface area contributed by atoms with Gasteiger partial charge in [-0.2, -0.15) is 0 Å². The predicted octanol–water partition coefficient (Wildman–Crippen LogP) is -0.821. The van der Waals surface area contributed by atoms with Crippen molar-refractivity contribution in [2.45, 2.75) is 7.43 Å². The van der Waals surface area contributed by atoms with Crippen molar-refractivity contribution < 1.29 is 75.9 Å². The topological polar surface area (TPSA) is 0 Å². The number of hydrogen-bond donors (Lipinski definition) is 0. The second kappa shape index (κ2) is 30.4. The van der Waals surface area contributed by atoms with E-state index in [1.54, 1.807) is 0 Å². The van der Waals surface area contributed by atoms with Crippen molar-refractivity contribution in [3.63, 3.8) is 0 Å². The Kier molecular flexibility index (Phi) is 294. The van der Waals surface area contributed by atoms with Crippen LogP contribution < -0.4 is 0 Å². The molecular weight excluding hydrogens is 300 g/mol. The molecule has 1 radical (unpaired) electrons. The van der Waals surface area contributed by atoms with E-state index >= 15 is 0 Å². The third kappa shape index (κ3) is 20.5. The van der Waals surface area contributed by atoms with Crippen molar-refractivity contribution in [2.24, 2.45) is 0 Å². The Hall–Kier alpha value is 2.63. The van der Waals surface area contributed by atoms with Crippen molar-refractivity contribution in [3.8, 4) is 0 Å². The first-order chi connectivity index (χ1) is 0. The summed E-state index contributed by atoms with van der Waals surface area (Å²) in [4.78, 5) is 0. The van der Waals surface area contributed by atoms with Gasteiger partial charge < -0.3 is 0 Å². The summed E-state index contributed by atoms with van der Waals surface area (Å²) in [6, 6.07) is 0. The Morgan fingerprint density at radius 2 is 1.00 bits per heavy atom. The average Bonchev–Trinajstić information content (AvgIpc) is 0. The fraction of sp³-hybridized carbons (Fsp3) is 1.00. The molecule has 5 heavy (non-hydrogen) atoms. The summed E-state index contributed by atoms with van der Waals surface area (Å²) in [6.45, 7) is 0. The zero-order valence-corrected chi connectivity index (χ0v) is 6.34. The maximum absolute atomic E-state index is 0. The maximum Gasteiger partial charge on any atom is 0 e. The van der Waals surface area contributed by atoms with E-state index in [1.165, 1.54) is 0 Å². The Labute approximate surface area is 92.6 Å². The zero-order valence-electron chi connectivity index (χ0n) is 1.16. The van der Waals surface area contributed by atoms with E-state index in [0.29, 0.717) is 0 Å². The van der Waals surface area contributed by atoms with Crippen molar-refractivity contribution >= 4 is 11.0 Å². The Morgan fingerprint density at radius 3 is 1.00 bits per heavy atom. The SMILES string of the molecule is C.[Ce].[Cu].[Fe].[SiH4]. The van der Waals surface area contributed by atoms with E-state index in [1.807, 2.05) is 0 Å². The summed E-state index contributed by atoms with van der Waals surface area (Å²) in [5, 5.41) is 0. The molecule has 0 heterocycles. The van der Waals surface area contributed by atoms with Crippen LogP contribution in [0.1, 0.15) is 7.43 Å². The van der Waals surface area contributed by atoms with Gasteiger partial charge in [0.1, 0.15) is 0 Å². The van der Waals surface area contributed by atoms with Crippen LogP contribution in [0.4, 0.5) is 0 Å². The average molecular weight is 308 g/mol. The van der Waals surface area contributed by atoms with Crippen molar-refractivity contribution in [2.75, 3.05) is 0 Å². The monoisotopic (exact) mass is 307 g/mol. The Balaban J connectivity index is 0. The van der Waals surface area contributed by atoms with Crippen LogP contribution in [0.3, 0.4) is 0 Å². The molecule has 0 rings (SSSR count). The quantitative estimate of drug-likeness (QED) is 0.513. The standard InChI is InChI=1S/CH4.Ce.Cu.Fe.H4Si/h1H4;;;;1H4. The smallest absolute Gasteiger partial charge is 0 e. The molecule has 0 amide bonds.